The smallest absolute Gasteiger partial charge is 0.234 e. The number of benzene rings is 3. The second-order valence-corrected chi connectivity index (χ2v) is 18.5. The summed E-state index contributed by atoms with van der Waals surface area (Å²) < 4.78 is 0.919. The van der Waals surface area contributed by atoms with Gasteiger partial charge in [-0.05, 0) is 72.4 Å². The molecule has 11 nitrogen and oxygen atoms in total. The maximum absolute atomic E-state index is 13.7. The zero-order valence-corrected chi connectivity index (χ0v) is 37.5. The van der Waals surface area contributed by atoms with Crippen molar-refractivity contribution < 1.29 is 9.59 Å². The average molecular weight is 853 g/mol. The number of hydrogen-bond donors (Lipinski definition) is 3. The van der Waals surface area contributed by atoms with E-state index in [-0.39, 0.29) is 34.7 Å². The first-order chi connectivity index (χ1) is 29.9. The second kappa shape index (κ2) is 20.7. The Labute approximate surface area is 369 Å². The Hall–Kier alpha value is -5.37. The quantitative estimate of drug-likeness (QED) is 0.119. The van der Waals surface area contributed by atoms with Crippen LogP contribution in [0.3, 0.4) is 0 Å². The van der Waals surface area contributed by atoms with Gasteiger partial charge in [-0.2, -0.15) is 0 Å². The molecule has 0 radical (unpaired) electrons. The highest BCUT2D eigenvalue weighted by molar-refractivity contribution is 7.24. The number of rotatable bonds is 11. The van der Waals surface area contributed by atoms with Crippen LogP contribution in [0.4, 0.5) is 0 Å². The topological polar surface area (TPSA) is 123 Å². The molecule has 1 aliphatic rings. The number of fused-ring (bicyclic) bond motifs is 2. The van der Waals surface area contributed by atoms with Gasteiger partial charge in [-0.3, -0.25) is 29.1 Å². The number of carbonyl (C=O) groups is 2. The van der Waals surface area contributed by atoms with Crippen molar-refractivity contribution in [1.82, 2.24) is 40.6 Å². The average Bonchev–Trinajstić information content (AvgIpc) is 3.26. The van der Waals surface area contributed by atoms with Crippen molar-refractivity contribution in [3.05, 3.63) is 142 Å². The van der Waals surface area contributed by atoms with Gasteiger partial charge in [0.1, 0.15) is 4.83 Å². The summed E-state index contributed by atoms with van der Waals surface area (Å²) in [4.78, 5) is 58.0. The molecular formula is C50H60N8O3S. The van der Waals surface area contributed by atoms with Gasteiger partial charge in [0.05, 0.1) is 47.6 Å². The third-order valence-corrected chi connectivity index (χ3v) is 12.7. The zero-order chi connectivity index (χ0) is 43.6. The molecule has 3 aromatic heterocycles. The highest BCUT2D eigenvalue weighted by Crippen LogP contribution is 2.30. The SMILES string of the molecule is C[C@H](NC(=O)CN1CCNCCN(CC(=O)N[C@@H](C)c2ccccc2)CCN(Cc2cccc(-c3ccc4c(=O)c5cc(C(C)(C)C)ccc5sc4n3)n2)CC1)c1ccccc1. The summed E-state index contributed by atoms with van der Waals surface area (Å²) in [5, 5.41) is 11.3. The van der Waals surface area contributed by atoms with Gasteiger partial charge in [0.2, 0.25) is 11.8 Å². The van der Waals surface area contributed by atoms with E-state index in [1.165, 1.54) is 11.3 Å². The van der Waals surface area contributed by atoms with Gasteiger partial charge in [0, 0.05) is 69.0 Å². The lowest BCUT2D eigenvalue weighted by atomic mass is 9.86. The highest BCUT2D eigenvalue weighted by Gasteiger charge is 2.21. The molecule has 6 aromatic rings. The van der Waals surface area contributed by atoms with E-state index < -0.39 is 0 Å². The van der Waals surface area contributed by atoms with Gasteiger partial charge in [0.25, 0.3) is 0 Å². The first kappa shape index (κ1) is 44.7. The molecule has 1 fully saturated rings. The molecule has 3 N–H and O–H groups in total. The van der Waals surface area contributed by atoms with E-state index in [2.05, 4.69) is 57.5 Å². The van der Waals surface area contributed by atoms with Crippen LogP contribution in [0, 0.1) is 0 Å². The van der Waals surface area contributed by atoms with E-state index in [1.807, 2.05) is 117 Å². The predicted molar refractivity (Wildman–Crippen MR) is 252 cm³/mol. The fourth-order valence-electron chi connectivity index (χ4n) is 7.89. The summed E-state index contributed by atoms with van der Waals surface area (Å²) >= 11 is 1.53. The Morgan fingerprint density at radius 1 is 0.661 bits per heavy atom. The van der Waals surface area contributed by atoms with E-state index in [9.17, 15) is 14.4 Å². The molecule has 2 amide bonds. The number of aromatic nitrogens is 2. The third-order valence-electron chi connectivity index (χ3n) is 11.6. The normalized spacial score (nSPS) is 16.3. The van der Waals surface area contributed by atoms with Crippen LogP contribution in [0.15, 0.2) is 114 Å². The van der Waals surface area contributed by atoms with Gasteiger partial charge in [0.15, 0.2) is 5.43 Å². The Balaban J connectivity index is 1.08. The van der Waals surface area contributed by atoms with Crippen molar-refractivity contribution in [3.63, 3.8) is 0 Å². The lowest BCUT2D eigenvalue weighted by Crippen LogP contribution is -2.48. The Bertz CT molecular complexity index is 2430. The first-order valence-corrected chi connectivity index (χ1v) is 22.6. The molecule has 0 unspecified atom stereocenters. The molecule has 324 valence electrons. The monoisotopic (exact) mass is 852 g/mol. The largest absolute Gasteiger partial charge is 0.348 e. The fraction of sp³-hybridized carbons (Fsp3) is 0.380. The van der Waals surface area contributed by atoms with Crippen molar-refractivity contribution in [3.8, 4) is 11.4 Å². The minimum absolute atomic E-state index is 0.00107. The Kier molecular flexibility index (Phi) is 14.9. The molecule has 3 aromatic carbocycles. The van der Waals surface area contributed by atoms with Crippen LogP contribution in [0.25, 0.3) is 31.7 Å². The van der Waals surface area contributed by atoms with Crippen LogP contribution >= 0.6 is 11.3 Å². The van der Waals surface area contributed by atoms with E-state index >= 15 is 0 Å². The van der Waals surface area contributed by atoms with Crippen molar-refractivity contribution in [2.45, 2.75) is 58.7 Å². The minimum Gasteiger partial charge on any atom is -0.348 e. The summed E-state index contributed by atoms with van der Waals surface area (Å²) in [7, 11) is 0. The fourth-order valence-corrected chi connectivity index (χ4v) is 8.91. The minimum atomic E-state index is -0.0934. The van der Waals surface area contributed by atoms with E-state index in [1.54, 1.807) is 0 Å². The molecule has 0 bridgehead atoms. The van der Waals surface area contributed by atoms with E-state index in [0.29, 0.717) is 74.8 Å². The van der Waals surface area contributed by atoms with Crippen molar-refractivity contribution in [2.24, 2.45) is 0 Å². The number of carbonyl (C=O) groups excluding carboxylic acids is 2. The van der Waals surface area contributed by atoms with Crippen LogP contribution in [0.5, 0.6) is 0 Å². The molecule has 1 aliphatic heterocycles. The van der Waals surface area contributed by atoms with Gasteiger partial charge in [-0.1, -0.05) is 93.6 Å². The molecular weight excluding hydrogens is 793 g/mol. The van der Waals surface area contributed by atoms with Gasteiger partial charge < -0.3 is 16.0 Å². The first-order valence-electron chi connectivity index (χ1n) is 21.8. The van der Waals surface area contributed by atoms with E-state index in [0.717, 1.165) is 51.3 Å². The van der Waals surface area contributed by atoms with Crippen LogP contribution in [0.1, 0.15) is 69.1 Å². The van der Waals surface area contributed by atoms with E-state index in [4.69, 9.17) is 9.97 Å². The molecule has 0 spiro atoms. The molecule has 0 aliphatic carbocycles. The number of nitrogens with one attached hydrogen (secondary N) is 3. The van der Waals surface area contributed by atoms with Crippen molar-refractivity contribution in [1.29, 1.82) is 0 Å². The molecule has 2 atom stereocenters. The summed E-state index contributed by atoms with van der Waals surface area (Å²) in [5.74, 6) is -0.0151. The maximum atomic E-state index is 13.7. The third kappa shape index (κ3) is 12.0. The molecule has 62 heavy (non-hydrogen) atoms. The standard InChI is InChI=1S/C50H60N8O3S/c1-35(37-13-8-6-9-14-37)52-46(59)33-56-25-23-51-24-26-57(34-47(60)53-36(2)38-15-10-7-11-16-38)28-30-58(29-27-56)32-40-17-12-18-43(54-40)44-21-20-41-48(61)42-31-39(50(3,4)5)19-22-45(42)62-49(41)55-44/h6-22,31,35-36,51H,23-30,32-34H2,1-5H3,(H,52,59)(H,53,60)/t35-,36-/m0/s1. The number of nitrogens with zero attached hydrogens (tertiary/aromatic N) is 5. The molecule has 4 heterocycles. The van der Waals surface area contributed by atoms with Crippen LogP contribution in [0.2, 0.25) is 0 Å². The van der Waals surface area contributed by atoms with Gasteiger partial charge >= 0.3 is 0 Å². The molecule has 12 heteroatoms. The molecule has 0 saturated carbocycles. The van der Waals surface area contributed by atoms with Crippen molar-refractivity contribution in [2.75, 3.05) is 65.4 Å². The van der Waals surface area contributed by atoms with Gasteiger partial charge in [-0.25, -0.2) is 9.97 Å². The summed E-state index contributed by atoms with van der Waals surface area (Å²) in [6, 6.07) is 35.8. The lowest BCUT2D eigenvalue weighted by Gasteiger charge is -2.31. The summed E-state index contributed by atoms with van der Waals surface area (Å²) in [6.45, 7) is 17.3. The summed E-state index contributed by atoms with van der Waals surface area (Å²) in [6.07, 6.45) is 0. The highest BCUT2D eigenvalue weighted by atomic mass is 32.1. The van der Waals surface area contributed by atoms with Crippen LogP contribution in [-0.4, -0.2) is 102 Å². The Morgan fingerprint density at radius 3 is 1.81 bits per heavy atom. The zero-order valence-electron chi connectivity index (χ0n) is 36.7. The van der Waals surface area contributed by atoms with Crippen LogP contribution < -0.4 is 21.4 Å². The van der Waals surface area contributed by atoms with Gasteiger partial charge in [-0.15, -0.1) is 11.3 Å². The molecule has 1 saturated heterocycles. The maximum Gasteiger partial charge on any atom is 0.234 e. The summed E-state index contributed by atoms with van der Waals surface area (Å²) in [5.41, 5.74) is 5.56. The Morgan fingerprint density at radius 2 is 1.23 bits per heavy atom. The molecule has 7 rings (SSSR count). The number of pyridine rings is 2. The number of amides is 2. The number of hydrogen-bond acceptors (Lipinski definition) is 10. The second-order valence-electron chi connectivity index (χ2n) is 17.4. The van der Waals surface area contributed by atoms with Crippen molar-refractivity contribution >= 4 is 43.5 Å². The lowest BCUT2D eigenvalue weighted by molar-refractivity contribution is -0.123. The predicted octanol–water partition coefficient (Wildman–Crippen LogP) is 6.93. The van der Waals surface area contributed by atoms with Crippen LogP contribution in [-0.2, 0) is 21.5 Å².